The van der Waals surface area contributed by atoms with Crippen molar-refractivity contribution in [1.29, 1.82) is 0 Å². The van der Waals surface area contributed by atoms with Crippen molar-refractivity contribution in [2.24, 2.45) is 0 Å². The van der Waals surface area contributed by atoms with Gasteiger partial charge in [-0.3, -0.25) is 4.79 Å². The quantitative estimate of drug-likeness (QED) is 0.576. The Balaban J connectivity index is 1.83. The Morgan fingerprint density at radius 2 is 1.60 bits per heavy atom. The molecule has 0 spiro atoms. The Morgan fingerprint density at radius 1 is 0.933 bits per heavy atom. The summed E-state index contributed by atoms with van der Waals surface area (Å²) in [7, 11) is 0. The van der Waals surface area contributed by atoms with Crippen LogP contribution in [0.2, 0.25) is 0 Å². The molecule has 0 aliphatic carbocycles. The fourth-order valence-electron chi connectivity index (χ4n) is 2.77. The minimum atomic E-state index is -0.584. The first-order valence-corrected chi connectivity index (χ1v) is 9.95. The number of para-hydroxylation sites is 1. The molecule has 0 saturated heterocycles. The van der Waals surface area contributed by atoms with E-state index in [1.807, 2.05) is 52.0 Å². The third-order valence-electron chi connectivity index (χ3n) is 4.25. The summed E-state index contributed by atoms with van der Waals surface area (Å²) in [6.45, 7) is 7.81. The van der Waals surface area contributed by atoms with E-state index in [9.17, 15) is 14.4 Å². The van der Waals surface area contributed by atoms with Crippen LogP contribution in [0.25, 0.3) is 0 Å². The average Bonchev–Trinajstić information content (AvgIpc) is 2.70. The van der Waals surface area contributed by atoms with Crippen molar-refractivity contribution in [3.8, 4) is 0 Å². The highest BCUT2D eigenvalue weighted by molar-refractivity contribution is 5.96. The number of hydrogen-bond acceptors (Lipinski definition) is 4. The summed E-state index contributed by atoms with van der Waals surface area (Å²) in [5, 5.41) is 8.26. The average molecular weight is 412 g/mol. The lowest BCUT2D eigenvalue weighted by atomic mass is 10.0. The van der Waals surface area contributed by atoms with Crippen molar-refractivity contribution < 1.29 is 19.1 Å². The highest BCUT2D eigenvalue weighted by Crippen LogP contribution is 2.23. The summed E-state index contributed by atoms with van der Waals surface area (Å²) in [4.78, 5) is 36.0. The van der Waals surface area contributed by atoms with E-state index in [1.54, 1.807) is 24.3 Å². The molecule has 160 valence electrons. The Hall–Kier alpha value is -3.35. The second kappa shape index (κ2) is 11.0. The second-order valence-electron chi connectivity index (χ2n) is 7.54. The van der Waals surface area contributed by atoms with Crippen LogP contribution in [0.5, 0.6) is 0 Å². The number of urea groups is 1. The molecule has 0 aliphatic heterocycles. The lowest BCUT2D eigenvalue weighted by molar-refractivity contribution is -0.119. The lowest BCUT2D eigenvalue weighted by Gasteiger charge is -2.13. The number of ether oxygens (including phenoxy) is 1. The highest BCUT2D eigenvalue weighted by Gasteiger charge is 2.13. The number of benzene rings is 2. The van der Waals surface area contributed by atoms with Crippen molar-refractivity contribution in [3.05, 3.63) is 65.2 Å². The van der Waals surface area contributed by atoms with Gasteiger partial charge in [0.1, 0.15) is 0 Å². The molecule has 2 rings (SSSR count). The third-order valence-corrected chi connectivity index (χ3v) is 4.25. The van der Waals surface area contributed by atoms with Crippen LogP contribution in [0.15, 0.2) is 48.5 Å². The molecule has 30 heavy (non-hydrogen) atoms. The van der Waals surface area contributed by atoms with E-state index in [2.05, 4.69) is 16.0 Å². The molecule has 0 heterocycles. The molecular formula is C23H29N3O4. The Morgan fingerprint density at radius 3 is 2.23 bits per heavy atom. The number of esters is 1. The van der Waals surface area contributed by atoms with Gasteiger partial charge in [0, 0.05) is 18.3 Å². The van der Waals surface area contributed by atoms with Gasteiger partial charge in [0.25, 0.3) is 5.91 Å². The minimum Gasteiger partial charge on any atom is -0.452 e. The van der Waals surface area contributed by atoms with E-state index in [0.717, 1.165) is 11.1 Å². The Bertz CT molecular complexity index is 876. The zero-order valence-corrected chi connectivity index (χ0v) is 17.8. The molecule has 0 bridgehead atoms. The van der Waals surface area contributed by atoms with Crippen LogP contribution in [0.1, 0.15) is 55.1 Å². The molecule has 2 aromatic rings. The summed E-state index contributed by atoms with van der Waals surface area (Å²) in [5.41, 5.74) is 2.91. The van der Waals surface area contributed by atoms with E-state index >= 15 is 0 Å². The van der Waals surface area contributed by atoms with E-state index < -0.39 is 11.9 Å². The van der Waals surface area contributed by atoms with Crippen molar-refractivity contribution in [2.45, 2.75) is 46.2 Å². The van der Waals surface area contributed by atoms with Crippen LogP contribution in [0, 0.1) is 0 Å². The topological polar surface area (TPSA) is 96.5 Å². The van der Waals surface area contributed by atoms with Gasteiger partial charge in [-0.15, -0.1) is 0 Å². The van der Waals surface area contributed by atoms with Gasteiger partial charge in [-0.25, -0.2) is 9.59 Å². The summed E-state index contributed by atoms with van der Waals surface area (Å²) in [6.07, 6.45) is 0. The predicted molar refractivity (Wildman–Crippen MR) is 116 cm³/mol. The van der Waals surface area contributed by atoms with Crippen LogP contribution < -0.4 is 16.0 Å². The number of anilines is 1. The molecule has 7 nitrogen and oxygen atoms in total. The maximum Gasteiger partial charge on any atom is 0.338 e. The van der Waals surface area contributed by atoms with Gasteiger partial charge in [-0.1, -0.05) is 44.2 Å². The number of hydrogen-bond donors (Lipinski definition) is 3. The zero-order valence-electron chi connectivity index (χ0n) is 17.8. The van der Waals surface area contributed by atoms with Crippen LogP contribution >= 0.6 is 0 Å². The fraction of sp³-hybridized carbons (Fsp3) is 0.348. The number of carbonyl (C=O) groups excluding carboxylic acids is 3. The summed E-state index contributed by atoms with van der Waals surface area (Å²) < 4.78 is 5.11. The fourth-order valence-corrected chi connectivity index (χ4v) is 2.77. The standard InChI is InChI=1S/C23H29N3O4/c1-15(2)19-7-5-6-8-20(19)26-21(27)14-30-22(28)18-11-9-17(10-12-18)13-24-23(29)25-16(3)4/h5-12,15-16H,13-14H2,1-4H3,(H,26,27)(H2,24,25,29). The number of rotatable bonds is 8. The highest BCUT2D eigenvalue weighted by atomic mass is 16.5. The summed E-state index contributed by atoms with van der Waals surface area (Å²) in [5.74, 6) is -0.721. The zero-order chi connectivity index (χ0) is 22.1. The van der Waals surface area contributed by atoms with Crippen LogP contribution in [-0.4, -0.2) is 30.6 Å². The van der Waals surface area contributed by atoms with Gasteiger partial charge in [-0.2, -0.15) is 0 Å². The minimum absolute atomic E-state index is 0.0539. The SMILES string of the molecule is CC(C)NC(=O)NCc1ccc(C(=O)OCC(=O)Nc2ccccc2C(C)C)cc1. The van der Waals surface area contributed by atoms with Crippen molar-refractivity contribution in [3.63, 3.8) is 0 Å². The van der Waals surface area contributed by atoms with Gasteiger partial charge in [0.05, 0.1) is 5.56 Å². The predicted octanol–water partition coefficient (Wildman–Crippen LogP) is 3.81. The molecule has 0 aromatic heterocycles. The number of carbonyl (C=O) groups is 3. The second-order valence-corrected chi connectivity index (χ2v) is 7.54. The first-order chi connectivity index (χ1) is 14.3. The van der Waals surface area contributed by atoms with E-state index in [1.165, 1.54) is 0 Å². The van der Waals surface area contributed by atoms with E-state index in [-0.39, 0.29) is 24.6 Å². The molecule has 0 radical (unpaired) electrons. The maximum atomic E-state index is 12.2. The monoisotopic (exact) mass is 411 g/mol. The van der Waals surface area contributed by atoms with Crippen LogP contribution in [0.4, 0.5) is 10.5 Å². The summed E-state index contributed by atoms with van der Waals surface area (Å²) in [6, 6.07) is 14.0. The Kier molecular flexibility index (Phi) is 8.41. The molecule has 2 aromatic carbocycles. The molecule has 7 heteroatoms. The largest absolute Gasteiger partial charge is 0.452 e. The molecule has 0 saturated carbocycles. The third kappa shape index (κ3) is 7.24. The van der Waals surface area contributed by atoms with Gasteiger partial charge < -0.3 is 20.7 Å². The normalized spacial score (nSPS) is 10.6. The van der Waals surface area contributed by atoms with Crippen LogP contribution in [0.3, 0.4) is 0 Å². The Labute approximate surface area is 177 Å². The van der Waals surface area contributed by atoms with Crippen molar-refractivity contribution in [2.75, 3.05) is 11.9 Å². The number of amides is 3. The molecule has 0 atom stereocenters. The van der Waals surface area contributed by atoms with E-state index in [4.69, 9.17) is 4.74 Å². The van der Waals surface area contributed by atoms with Gasteiger partial charge in [0.15, 0.2) is 6.61 Å². The number of nitrogens with one attached hydrogen (secondary N) is 3. The van der Waals surface area contributed by atoms with Crippen LogP contribution in [-0.2, 0) is 16.1 Å². The van der Waals surface area contributed by atoms with Gasteiger partial charge in [0.2, 0.25) is 0 Å². The maximum absolute atomic E-state index is 12.2. The first kappa shape index (κ1) is 22.9. The van der Waals surface area contributed by atoms with Crippen molar-refractivity contribution in [1.82, 2.24) is 10.6 Å². The molecule has 3 N–H and O–H groups in total. The first-order valence-electron chi connectivity index (χ1n) is 9.95. The smallest absolute Gasteiger partial charge is 0.338 e. The summed E-state index contributed by atoms with van der Waals surface area (Å²) >= 11 is 0. The molecule has 3 amide bonds. The molecule has 0 fully saturated rings. The molecule has 0 unspecified atom stereocenters. The lowest BCUT2D eigenvalue weighted by Crippen LogP contribution is -2.39. The van der Waals surface area contributed by atoms with Gasteiger partial charge in [-0.05, 0) is 49.1 Å². The van der Waals surface area contributed by atoms with Gasteiger partial charge >= 0.3 is 12.0 Å². The van der Waals surface area contributed by atoms with E-state index in [0.29, 0.717) is 17.8 Å². The molecular weight excluding hydrogens is 382 g/mol. The molecule has 0 aliphatic rings. The van der Waals surface area contributed by atoms with Crippen molar-refractivity contribution >= 4 is 23.6 Å².